The van der Waals surface area contributed by atoms with Crippen LogP contribution in [0.1, 0.15) is 0 Å². The fourth-order valence-corrected chi connectivity index (χ4v) is 2.98. The van der Waals surface area contributed by atoms with Crippen LogP contribution >= 0.6 is 27.3 Å². The van der Waals surface area contributed by atoms with E-state index in [0.29, 0.717) is 0 Å². The molecule has 3 aromatic rings. The smallest absolute Gasteiger partial charge is 0.124 e. The van der Waals surface area contributed by atoms with Gasteiger partial charge in [-0.05, 0) is 18.2 Å². The number of aryl methyl sites for hydroxylation is 1. The van der Waals surface area contributed by atoms with Gasteiger partial charge in [-0.1, -0.05) is 28.1 Å². The van der Waals surface area contributed by atoms with Gasteiger partial charge in [0.2, 0.25) is 0 Å². The summed E-state index contributed by atoms with van der Waals surface area (Å²) in [6, 6.07) is 10.1. The standard InChI is InChI=1S/C13H10BrN3S/c1-17-12(5-6-15-17)11-8-18-13(16-11)9-3-2-4-10(14)7-9/h2-8H,1H3. The van der Waals surface area contributed by atoms with Gasteiger partial charge in [0.05, 0.1) is 11.4 Å². The first-order valence-electron chi connectivity index (χ1n) is 5.44. The highest BCUT2D eigenvalue weighted by Crippen LogP contribution is 2.29. The largest absolute Gasteiger partial charge is 0.266 e. The summed E-state index contributed by atoms with van der Waals surface area (Å²) in [7, 11) is 1.92. The number of rotatable bonds is 2. The minimum absolute atomic E-state index is 0.968. The van der Waals surface area contributed by atoms with Crippen LogP contribution in [-0.2, 0) is 7.05 Å². The van der Waals surface area contributed by atoms with Crippen molar-refractivity contribution in [2.45, 2.75) is 0 Å². The summed E-state index contributed by atoms with van der Waals surface area (Å²) in [4.78, 5) is 4.66. The van der Waals surface area contributed by atoms with Crippen LogP contribution in [0.3, 0.4) is 0 Å². The van der Waals surface area contributed by atoms with E-state index in [4.69, 9.17) is 0 Å². The molecule has 0 unspecified atom stereocenters. The Kier molecular flexibility index (Phi) is 3.01. The lowest BCUT2D eigenvalue weighted by Crippen LogP contribution is -1.93. The lowest BCUT2D eigenvalue weighted by atomic mass is 10.2. The molecule has 0 N–H and O–H groups in total. The van der Waals surface area contributed by atoms with E-state index < -0.39 is 0 Å². The second-order valence-electron chi connectivity index (χ2n) is 3.89. The molecule has 5 heteroatoms. The summed E-state index contributed by atoms with van der Waals surface area (Å²) in [5.41, 5.74) is 3.13. The van der Waals surface area contributed by atoms with E-state index >= 15 is 0 Å². The molecule has 0 atom stereocenters. The van der Waals surface area contributed by atoms with E-state index in [2.05, 4.69) is 43.5 Å². The first kappa shape index (κ1) is 11.6. The zero-order chi connectivity index (χ0) is 12.5. The second kappa shape index (κ2) is 4.66. The molecule has 2 aromatic heterocycles. The zero-order valence-corrected chi connectivity index (χ0v) is 12.1. The predicted molar refractivity (Wildman–Crippen MR) is 77.5 cm³/mol. The minimum atomic E-state index is 0.968. The fraction of sp³-hybridized carbons (Fsp3) is 0.0769. The highest BCUT2D eigenvalue weighted by Gasteiger charge is 2.09. The lowest BCUT2D eigenvalue weighted by Gasteiger charge is -1.98. The van der Waals surface area contributed by atoms with Crippen molar-refractivity contribution in [2.24, 2.45) is 7.05 Å². The predicted octanol–water partition coefficient (Wildman–Crippen LogP) is 3.97. The van der Waals surface area contributed by atoms with Gasteiger partial charge in [-0.2, -0.15) is 5.10 Å². The Morgan fingerprint density at radius 2 is 2.17 bits per heavy atom. The molecule has 0 bridgehead atoms. The molecule has 0 radical (unpaired) electrons. The summed E-state index contributed by atoms with van der Waals surface area (Å²) in [5, 5.41) is 7.25. The molecule has 0 amide bonds. The number of thiazole rings is 1. The maximum atomic E-state index is 4.66. The molecule has 0 spiro atoms. The minimum Gasteiger partial charge on any atom is -0.266 e. The van der Waals surface area contributed by atoms with Crippen molar-refractivity contribution in [3.63, 3.8) is 0 Å². The van der Waals surface area contributed by atoms with E-state index in [1.807, 2.05) is 29.9 Å². The Morgan fingerprint density at radius 1 is 1.28 bits per heavy atom. The van der Waals surface area contributed by atoms with Gasteiger partial charge < -0.3 is 0 Å². The van der Waals surface area contributed by atoms with Gasteiger partial charge >= 0.3 is 0 Å². The molecule has 0 saturated heterocycles. The van der Waals surface area contributed by atoms with Crippen molar-refractivity contribution < 1.29 is 0 Å². The number of hydrogen-bond donors (Lipinski definition) is 0. The van der Waals surface area contributed by atoms with Gasteiger partial charge in [0.1, 0.15) is 5.01 Å². The van der Waals surface area contributed by atoms with Gasteiger partial charge in [0.15, 0.2) is 0 Å². The Labute approximate surface area is 117 Å². The summed E-state index contributed by atoms with van der Waals surface area (Å²) < 4.78 is 2.90. The first-order valence-corrected chi connectivity index (χ1v) is 7.11. The number of benzene rings is 1. The van der Waals surface area contributed by atoms with Crippen molar-refractivity contribution in [3.05, 3.63) is 46.4 Å². The molecule has 0 aliphatic rings. The van der Waals surface area contributed by atoms with Crippen molar-refractivity contribution in [3.8, 4) is 22.0 Å². The average molecular weight is 320 g/mol. The molecule has 0 saturated carbocycles. The van der Waals surface area contributed by atoms with Gasteiger partial charge in [0, 0.05) is 28.7 Å². The topological polar surface area (TPSA) is 30.7 Å². The molecule has 1 aromatic carbocycles. The molecule has 0 fully saturated rings. The third kappa shape index (κ3) is 2.11. The summed E-state index contributed by atoms with van der Waals surface area (Å²) in [6.45, 7) is 0. The van der Waals surface area contributed by atoms with Crippen LogP contribution in [-0.4, -0.2) is 14.8 Å². The molecule has 3 nitrogen and oxygen atoms in total. The highest BCUT2D eigenvalue weighted by molar-refractivity contribution is 9.10. The summed E-state index contributed by atoms with van der Waals surface area (Å²) in [5.74, 6) is 0. The van der Waals surface area contributed by atoms with Crippen molar-refractivity contribution in [2.75, 3.05) is 0 Å². The molecular weight excluding hydrogens is 310 g/mol. The van der Waals surface area contributed by atoms with Crippen LogP contribution in [0.15, 0.2) is 46.4 Å². The second-order valence-corrected chi connectivity index (χ2v) is 5.66. The molecule has 2 heterocycles. The van der Waals surface area contributed by atoms with Gasteiger partial charge in [-0.25, -0.2) is 4.98 Å². The van der Waals surface area contributed by atoms with Crippen LogP contribution < -0.4 is 0 Å². The van der Waals surface area contributed by atoms with Crippen molar-refractivity contribution >= 4 is 27.3 Å². The van der Waals surface area contributed by atoms with E-state index in [1.165, 1.54) is 0 Å². The number of hydrogen-bond acceptors (Lipinski definition) is 3. The Bertz CT molecular complexity index is 687. The normalized spacial score (nSPS) is 10.8. The highest BCUT2D eigenvalue weighted by atomic mass is 79.9. The van der Waals surface area contributed by atoms with Crippen molar-refractivity contribution in [1.82, 2.24) is 14.8 Å². The molecule has 90 valence electrons. The molecule has 0 aliphatic heterocycles. The number of nitrogens with zero attached hydrogens (tertiary/aromatic N) is 3. The van der Waals surface area contributed by atoms with E-state index in [-0.39, 0.29) is 0 Å². The van der Waals surface area contributed by atoms with Crippen LogP contribution in [0.4, 0.5) is 0 Å². The van der Waals surface area contributed by atoms with Gasteiger partial charge in [0.25, 0.3) is 0 Å². The average Bonchev–Trinajstić information content (AvgIpc) is 2.97. The maximum absolute atomic E-state index is 4.66. The number of halogens is 1. The van der Waals surface area contributed by atoms with Gasteiger partial charge in [-0.3, -0.25) is 4.68 Å². The Hall–Kier alpha value is -1.46. The quantitative estimate of drug-likeness (QED) is 0.715. The van der Waals surface area contributed by atoms with Crippen LogP contribution in [0.2, 0.25) is 0 Å². The maximum Gasteiger partial charge on any atom is 0.124 e. The number of aromatic nitrogens is 3. The Morgan fingerprint density at radius 3 is 2.89 bits per heavy atom. The summed E-state index contributed by atoms with van der Waals surface area (Å²) >= 11 is 5.12. The Balaban J connectivity index is 2.02. The van der Waals surface area contributed by atoms with Gasteiger partial charge in [-0.15, -0.1) is 11.3 Å². The van der Waals surface area contributed by atoms with E-state index in [9.17, 15) is 0 Å². The first-order chi connectivity index (χ1) is 8.74. The van der Waals surface area contributed by atoms with Crippen LogP contribution in [0.5, 0.6) is 0 Å². The SMILES string of the molecule is Cn1nccc1-c1csc(-c2cccc(Br)c2)n1. The fourth-order valence-electron chi connectivity index (χ4n) is 1.77. The molecule has 3 rings (SSSR count). The van der Waals surface area contributed by atoms with E-state index in [0.717, 1.165) is 26.4 Å². The van der Waals surface area contributed by atoms with Crippen molar-refractivity contribution in [1.29, 1.82) is 0 Å². The van der Waals surface area contributed by atoms with Crippen LogP contribution in [0, 0.1) is 0 Å². The lowest BCUT2D eigenvalue weighted by molar-refractivity contribution is 0.774. The molecule has 18 heavy (non-hydrogen) atoms. The summed E-state index contributed by atoms with van der Waals surface area (Å²) in [6.07, 6.45) is 1.79. The third-order valence-corrected chi connectivity index (χ3v) is 4.04. The molecular formula is C13H10BrN3S. The molecule has 0 aliphatic carbocycles. The monoisotopic (exact) mass is 319 g/mol. The zero-order valence-electron chi connectivity index (χ0n) is 9.67. The van der Waals surface area contributed by atoms with E-state index in [1.54, 1.807) is 17.5 Å². The van der Waals surface area contributed by atoms with Crippen LogP contribution in [0.25, 0.3) is 22.0 Å². The third-order valence-electron chi connectivity index (χ3n) is 2.66.